The number of likely N-dealkylation sites (tertiary alicyclic amines) is 1. The molecule has 0 saturated carbocycles. The Morgan fingerprint density at radius 3 is 2.93 bits per heavy atom. The Balaban J connectivity index is 1.67. The van der Waals surface area contributed by atoms with Crippen molar-refractivity contribution in [3.8, 4) is 11.5 Å². The Bertz CT molecular complexity index is 677. The summed E-state index contributed by atoms with van der Waals surface area (Å²) >= 11 is 0. The van der Waals surface area contributed by atoms with E-state index in [2.05, 4.69) is 48.6 Å². The Hall–Kier alpha value is -1.95. The highest BCUT2D eigenvalue weighted by molar-refractivity contribution is 5.79. The van der Waals surface area contributed by atoms with Crippen molar-refractivity contribution in [3.63, 3.8) is 0 Å². The van der Waals surface area contributed by atoms with Gasteiger partial charge in [-0.3, -0.25) is 0 Å². The van der Waals surface area contributed by atoms with Gasteiger partial charge in [-0.2, -0.15) is 0 Å². The van der Waals surface area contributed by atoms with Crippen molar-refractivity contribution in [1.82, 2.24) is 15.5 Å². The van der Waals surface area contributed by atoms with Gasteiger partial charge >= 0.3 is 0 Å². The number of nitrogens with zero attached hydrogens (tertiary/aromatic N) is 2. The van der Waals surface area contributed by atoms with Crippen LogP contribution in [0.4, 0.5) is 0 Å². The zero-order chi connectivity index (χ0) is 19.9. The topological polar surface area (TPSA) is 58.1 Å². The van der Waals surface area contributed by atoms with E-state index in [1.165, 1.54) is 24.9 Å². The molecular formula is C22H36N4O2. The van der Waals surface area contributed by atoms with E-state index >= 15 is 0 Å². The lowest BCUT2D eigenvalue weighted by molar-refractivity contribution is 0.210. The maximum absolute atomic E-state index is 5.93. The minimum absolute atomic E-state index is 0.232. The van der Waals surface area contributed by atoms with E-state index in [-0.39, 0.29) is 6.10 Å². The molecule has 0 bridgehead atoms. The molecule has 2 aliphatic rings. The van der Waals surface area contributed by atoms with Crippen molar-refractivity contribution < 1.29 is 9.47 Å². The highest BCUT2D eigenvalue weighted by atomic mass is 16.5. The number of hydrogen-bond acceptors (Lipinski definition) is 4. The number of piperidine rings is 1. The van der Waals surface area contributed by atoms with Gasteiger partial charge in [0.25, 0.3) is 0 Å². The largest absolute Gasteiger partial charge is 0.494 e. The molecule has 6 nitrogen and oxygen atoms in total. The Kier molecular flexibility index (Phi) is 7.43. The Labute approximate surface area is 169 Å². The standard InChI is InChI=1S/C22H36N4O2/c1-5-23-22(24-13-17-8-7-9-26(4)15-17)25-14-19-12-21-18(10-16(3)28-21)11-20(19)27-6-2/h11-12,16-17H,5-10,13-15H2,1-4H3,(H2,23,24,25). The summed E-state index contributed by atoms with van der Waals surface area (Å²) in [6.45, 7) is 11.6. The third-order valence-corrected chi connectivity index (χ3v) is 5.41. The fraction of sp³-hybridized carbons (Fsp3) is 0.682. The molecule has 2 atom stereocenters. The first-order valence-electron chi connectivity index (χ1n) is 10.7. The van der Waals surface area contributed by atoms with Crippen LogP contribution in [0, 0.1) is 5.92 Å². The van der Waals surface area contributed by atoms with Crippen LogP contribution in [0.2, 0.25) is 0 Å². The van der Waals surface area contributed by atoms with Crippen molar-refractivity contribution in [2.45, 2.75) is 52.7 Å². The Morgan fingerprint density at radius 1 is 1.32 bits per heavy atom. The average molecular weight is 389 g/mol. The summed E-state index contributed by atoms with van der Waals surface area (Å²) in [6.07, 6.45) is 3.74. The van der Waals surface area contributed by atoms with Crippen LogP contribution < -0.4 is 20.1 Å². The maximum Gasteiger partial charge on any atom is 0.191 e. The average Bonchev–Trinajstić information content (AvgIpc) is 3.03. The number of benzene rings is 1. The zero-order valence-corrected chi connectivity index (χ0v) is 17.9. The summed E-state index contributed by atoms with van der Waals surface area (Å²) in [6, 6.07) is 4.23. The van der Waals surface area contributed by atoms with E-state index in [1.54, 1.807) is 0 Å². The van der Waals surface area contributed by atoms with Crippen LogP contribution in [-0.2, 0) is 13.0 Å². The Morgan fingerprint density at radius 2 is 2.18 bits per heavy atom. The molecule has 0 aromatic heterocycles. The van der Waals surface area contributed by atoms with E-state index in [4.69, 9.17) is 14.5 Å². The lowest BCUT2D eigenvalue weighted by Crippen LogP contribution is -2.43. The van der Waals surface area contributed by atoms with Gasteiger partial charge in [-0.15, -0.1) is 0 Å². The van der Waals surface area contributed by atoms with Crippen LogP contribution in [0.3, 0.4) is 0 Å². The molecule has 1 aromatic carbocycles. The van der Waals surface area contributed by atoms with E-state index in [0.29, 0.717) is 19.1 Å². The maximum atomic E-state index is 5.93. The predicted octanol–water partition coefficient (Wildman–Crippen LogP) is 2.81. The molecule has 156 valence electrons. The molecule has 1 saturated heterocycles. The second kappa shape index (κ2) is 10.0. The monoisotopic (exact) mass is 388 g/mol. The quantitative estimate of drug-likeness (QED) is 0.556. The van der Waals surface area contributed by atoms with Crippen molar-refractivity contribution in [2.75, 3.05) is 39.8 Å². The van der Waals surface area contributed by atoms with Crippen LogP contribution >= 0.6 is 0 Å². The van der Waals surface area contributed by atoms with Gasteiger partial charge in [0.1, 0.15) is 17.6 Å². The van der Waals surface area contributed by atoms with Gasteiger partial charge in [-0.05, 0) is 65.3 Å². The van der Waals surface area contributed by atoms with Crippen LogP contribution in [0.15, 0.2) is 17.1 Å². The summed E-state index contributed by atoms with van der Waals surface area (Å²) in [4.78, 5) is 7.24. The fourth-order valence-electron chi connectivity index (χ4n) is 4.08. The molecule has 2 aliphatic heterocycles. The minimum Gasteiger partial charge on any atom is -0.494 e. The molecule has 0 amide bonds. The van der Waals surface area contributed by atoms with Gasteiger partial charge in [0, 0.05) is 37.2 Å². The molecule has 2 heterocycles. The molecule has 3 rings (SSSR count). The van der Waals surface area contributed by atoms with Gasteiger partial charge < -0.3 is 25.0 Å². The number of ether oxygens (including phenoxy) is 2. The summed E-state index contributed by atoms with van der Waals surface area (Å²) in [5, 5.41) is 6.90. The highest BCUT2D eigenvalue weighted by Crippen LogP contribution is 2.35. The highest BCUT2D eigenvalue weighted by Gasteiger charge is 2.22. The fourth-order valence-corrected chi connectivity index (χ4v) is 4.08. The third-order valence-electron chi connectivity index (χ3n) is 5.41. The predicted molar refractivity (Wildman–Crippen MR) is 114 cm³/mol. The molecule has 28 heavy (non-hydrogen) atoms. The van der Waals surface area contributed by atoms with Gasteiger partial charge in [0.15, 0.2) is 5.96 Å². The number of guanidine groups is 1. The second-order valence-electron chi connectivity index (χ2n) is 7.98. The van der Waals surface area contributed by atoms with Gasteiger partial charge in [0.05, 0.1) is 13.2 Å². The molecule has 0 spiro atoms. The first-order chi connectivity index (χ1) is 13.6. The van der Waals surface area contributed by atoms with E-state index < -0.39 is 0 Å². The van der Waals surface area contributed by atoms with Crippen molar-refractivity contribution in [1.29, 1.82) is 0 Å². The summed E-state index contributed by atoms with van der Waals surface area (Å²) < 4.78 is 11.8. The van der Waals surface area contributed by atoms with Crippen molar-refractivity contribution in [3.05, 3.63) is 23.3 Å². The van der Waals surface area contributed by atoms with E-state index in [9.17, 15) is 0 Å². The molecule has 1 fully saturated rings. The lowest BCUT2D eigenvalue weighted by atomic mass is 9.99. The molecule has 6 heteroatoms. The number of rotatable bonds is 7. The second-order valence-corrected chi connectivity index (χ2v) is 7.98. The van der Waals surface area contributed by atoms with Crippen molar-refractivity contribution >= 4 is 5.96 Å². The molecule has 0 radical (unpaired) electrons. The normalized spacial score (nSPS) is 22.5. The van der Waals surface area contributed by atoms with E-state index in [1.807, 2.05) is 6.92 Å². The smallest absolute Gasteiger partial charge is 0.191 e. The first kappa shape index (κ1) is 20.8. The number of aliphatic imine (C=N–C) groups is 1. The molecule has 2 unspecified atom stereocenters. The third kappa shape index (κ3) is 5.53. The first-order valence-corrected chi connectivity index (χ1v) is 10.7. The minimum atomic E-state index is 0.232. The lowest BCUT2D eigenvalue weighted by Gasteiger charge is -2.30. The van der Waals surface area contributed by atoms with Crippen molar-refractivity contribution in [2.24, 2.45) is 10.9 Å². The number of fused-ring (bicyclic) bond motifs is 1. The SMILES string of the molecule is CCNC(=NCc1cc2c(cc1OCC)CC(C)O2)NCC1CCCN(C)C1. The molecule has 1 aromatic rings. The number of hydrogen-bond donors (Lipinski definition) is 2. The van der Waals surface area contributed by atoms with Crippen LogP contribution in [-0.4, -0.2) is 56.8 Å². The van der Waals surface area contributed by atoms with Crippen LogP contribution in [0.1, 0.15) is 44.7 Å². The molecule has 0 aliphatic carbocycles. The molecular weight excluding hydrogens is 352 g/mol. The van der Waals surface area contributed by atoms with Crippen LogP contribution in [0.25, 0.3) is 0 Å². The summed E-state index contributed by atoms with van der Waals surface area (Å²) in [5.41, 5.74) is 2.31. The van der Waals surface area contributed by atoms with Gasteiger partial charge in [-0.25, -0.2) is 4.99 Å². The van der Waals surface area contributed by atoms with Crippen LogP contribution in [0.5, 0.6) is 11.5 Å². The van der Waals surface area contributed by atoms with Gasteiger partial charge in [0.2, 0.25) is 0 Å². The zero-order valence-electron chi connectivity index (χ0n) is 17.9. The van der Waals surface area contributed by atoms with E-state index in [0.717, 1.165) is 49.1 Å². The summed E-state index contributed by atoms with van der Waals surface area (Å²) in [7, 11) is 2.21. The van der Waals surface area contributed by atoms with Gasteiger partial charge in [-0.1, -0.05) is 0 Å². The number of nitrogens with one attached hydrogen (secondary N) is 2. The summed E-state index contributed by atoms with van der Waals surface area (Å²) in [5.74, 6) is 3.45. The molecule has 2 N–H and O–H groups in total.